The smallest absolute Gasteiger partial charge is 0.320 e. The topological polar surface area (TPSA) is 122 Å². The van der Waals surface area contributed by atoms with Gasteiger partial charge in [-0.05, 0) is 31.0 Å². The Hall–Kier alpha value is -3.17. The fourth-order valence-corrected chi connectivity index (χ4v) is 4.62. The Bertz CT molecular complexity index is 1220. The standard InChI is InChI=1S/C23H24N2O6S/c1-32(29,30)11-9-19(23(27)28)24-10-8-14-6-7-16-15(12-14)13-31-21(16)20-17-4-2-3-5-18(17)25-22(20)26/h2-7,12,19,24H,8-11,13H2,1H3,(H,25,26)(H,27,28)/b21-20+. The van der Waals surface area contributed by atoms with Gasteiger partial charge in [0.1, 0.15) is 28.2 Å². The van der Waals surface area contributed by atoms with Gasteiger partial charge in [-0.3, -0.25) is 9.59 Å². The van der Waals surface area contributed by atoms with Crippen molar-refractivity contribution in [2.24, 2.45) is 0 Å². The second-order valence-electron chi connectivity index (χ2n) is 8.00. The summed E-state index contributed by atoms with van der Waals surface area (Å²) in [5.74, 6) is -0.862. The quantitative estimate of drug-likeness (QED) is 0.520. The molecule has 1 atom stereocenters. The molecule has 0 bridgehead atoms. The molecular weight excluding hydrogens is 432 g/mol. The van der Waals surface area contributed by atoms with Crippen LogP contribution in [0.3, 0.4) is 0 Å². The lowest BCUT2D eigenvalue weighted by Gasteiger charge is -2.14. The van der Waals surface area contributed by atoms with Crippen LogP contribution in [-0.2, 0) is 37.2 Å². The van der Waals surface area contributed by atoms with Gasteiger partial charge in [-0.1, -0.05) is 36.4 Å². The molecule has 2 aromatic rings. The van der Waals surface area contributed by atoms with Crippen molar-refractivity contribution in [2.75, 3.05) is 23.9 Å². The first kappa shape index (κ1) is 22.0. The highest BCUT2D eigenvalue weighted by Crippen LogP contribution is 2.41. The third-order valence-electron chi connectivity index (χ3n) is 5.56. The van der Waals surface area contributed by atoms with Crippen LogP contribution >= 0.6 is 0 Å². The number of benzene rings is 2. The molecule has 0 aromatic heterocycles. The van der Waals surface area contributed by atoms with Gasteiger partial charge in [0.15, 0.2) is 0 Å². The van der Waals surface area contributed by atoms with Crippen LogP contribution in [0.1, 0.15) is 28.7 Å². The number of rotatable bonds is 8. The number of hydrogen-bond donors (Lipinski definition) is 3. The highest BCUT2D eigenvalue weighted by Gasteiger charge is 2.32. The highest BCUT2D eigenvalue weighted by atomic mass is 32.2. The molecule has 1 amide bonds. The van der Waals surface area contributed by atoms with Gasteiger partial charge in [0.2, 0.25) is 0 Å². The Balaban J connectivity index is 1.46. The Morgan fingerprint density at radius 1 is 1.22 bits per heavy atom. The molecule has 4 rings (SSSR count). The van der Waals surface area contributed by atoms with Crippen molar-refractivity contribution in [3.8, 4) is 0 Å². The van der Waals surface area contributed by atoms with Crippen LogP contribution in [0.25, 0.3) is 11.3 Å². The molecule has 32 heavy (non-hydrogen) atoms. The molecule has 0 spiro atoms. The number of amides is 1. The van der Waals surface area contributed by atoms with E-state index >= 15 is 0 Å². The van der Waals surface area contributed by atoms with Gasteiger partial charge in [0.25, 0.3) is 5.91 Å². The minimum absolute atomic E-state index is 0.0205. The zero-order valence-corrected chi connectivity index (χ0v) is 18.4. The average molecular weight is 457 g/mol. The van der Waals surface area contributed by atoms with Crippen LogP contribution in [0.2, 0.25) is 0 Å². The Morgan fingerprint density at radius 2 is 2.00 bits per heavy atom. The van der Waals surface area contributed by atoms with Gasteiger partial charge in [0.05, 0.1) is 11.3 Å². The van der Waals surface area contributed by atoms with Crippen molar-refractivity contribution in [1.29, 1.82) is 0 Å². The van der Waals surface area contributed by atoms with Crippen LogP contribution < -0.4 is 10.6 Å². The SMILES string of the molecule is CS(=O)(=O)CCC(NCCc1ccc2c(c1)CO/C2=C1/C(=O)Nc2ccccc21)C(=O)O. The molecular formula is C23H24N2O6S. The Labute approximate surface area is 186 Å². The van der Waals surface area contributed by atoms with Crippen molar-refractivity contribution in [3.63, 3.8) is 0 Å². The average Bonchev–Trinajstić information content (AvgIpc) is 3.28. The van der Waals surface area contributed by atoms with Crippen molar-refractivity contribution >= 4 is 38.7 Å². The number of fused-ring (bicyclic) bond motifs is 2. The number of carboxylic acids is 1. The summed E-state index contributed by atoms with van der Waals surface area (Å²) in [6.45, 7) is 0.751. The van der Waals surface area contributed by atoms with Gasteiger partial charge in [-0.2, -0.15) is 0 Å². The summed E-state index contributed by atoms with van der Waals surface area (Å²) in [4.78, 5) is 23.9. The second kappa shape index (κ2) is 8.76. The van der Waals surface area contributed by atoms with E-state index in [4.69, 9.17) is 4.74 Å². The number of anilines is 1. The number of hydrogen-bond acceptors (Lipinski definition) is 6. The van der Waals surface area contributed by atoms with Gasteiger partial charge in [-0.25, -0.2) is 8.42 Å². The molecule has 9 heteroatoms. The Morgan fingerprint density at radius 3 is 2.75 bits per heavy atom. The molecule has 0 radical (unpaired) electrons. The predicted molar refractivity (Wildman–Crippen MR) is 121 cm³/mol. The maximum atomic E-state index is 12.5. The van der Waals surface area contributed by atoms with Crippen LogP contribution in [0.5, 0.6) is 0 Å². The molecule has 8 nitrogen and oxygen atoms in total. The molecule has 2 aliphatic rings. The lowest BCUT2D eigenvalue weighted by atomic mass is 9.98. The first-order valence-corrected chi connectivity index (χ1v) is 12.3. The molecule has 2 heterocycles. The molecule has 1 unspecified atom stereocenters. The maximum absolute atomic E-state index is 12.5. The maximum Gasteiger partial charge on any atom is 0.320 e. The fourth-order valence-electron chi connectivity index (χ4n) is 3.96. The molecule has 168 valence electrons. The molecule has 2 aromatic carbocycles. The zero-order valence-electron chi connectivity index (χ0n) is 17.6. The summed E-state index contributed by atoms with van der Waals surface area (Å²) in [5.41, 5.74) is 4.96. The van der Waals surface area contributed by atoms with Crippen molar-refractivity contribution in [3.05, 3.63) is 64.7 Å². The van der Waals surface area contributed by atoms with Gasteiger partial charge >= 0.3 is 5.97 Å². The van der Waals surface area contributed by atoms with E-state index in [1.54, 1.807) is 0 Å². The fraction of sp³-hybridized carbons (Fsp3) is 0.304. The van der Waals surface area contributed by atoms with E-state index in [0.717, 1.165) is 34.2 Å². The number of nitrogens with one attached hydrogen (secondary N) is 2. The van der Waals surface area contributed by atoms with E-state index in [0.29, 0.717) is 30.9 Å². The van der Waals surface area contributed by atoms with Crippen molar-refractivity contribution in [1.82, 2.24) is 5.32 Å². The highest BCUT2D eigenvalue weighted by molar-refractivity contribution is 7.90. The van der Waals surface area contributed by atoms with Crippen LogP contribution in [-0.4, -0.2) is 50.0 Å². The molecule has 2 aliphatic heterocycles. The third-order valence-corrected chi connectivity index (χ3v) is 6.54. The first-order valence-electron chi connectivity index (χ1n) is 10.3. The normalized spacial score (nSPS) is 18.0. The Kier molecular flexibility index (Phi) is 6.03. The monoisotopic (exact) mass is 456 g/mol. The summed E-state index contributed by atoms with van der Waals surface area (Å²) in [7, 11) is -3.22. The third kappa shape index (κ3) is 4.68. The van der Waals surface area contributed by atoms with Crippen molar-refractivity contribution in [2.45, 2.75) is 25.5 Å². The second-order valence-corrected chi connectivity index (χ2v) is 10.3. The summed E-state index contributed by atoms with van der Waals surface area (Å²) < 4.78 is 28.5. The number of para-hydroxylation sites is 1. The molecule has 3 N–H and O–H groups in total. The van der Waals surface area contributed by atoms with Gasteiger partial charge in [0, 0.05) is 28.6 Å². The summed E-state index contributed by atoms with van der Waals surface area (Å²) >= 11 is 0. The van der Waals surface area contributed by atoms with Gasteiger partial charge < -0.3 is 20.5 Å². The van der Waals surface area contributed by atoms with E-state index in [1.807, 2.05) is 42.5 Å². The minimum atomic E-state index is -3.22. The predicted octanol–water partition coefficient (Wildman–Crippen LogP) is 2.06. The summed E-state index contributed by atoms with van der Waals surface area (Å²) in [6, 6.07) is 12.4. The summed E-state index contributed by atoms with van der Waals surface area (Å²) in [6.07, 6.45) is 1.69. The first-order chi connectivity index (χ1) is 15.2. The molecule has 0 saturated carbocycles. The largest absolute Gasteiger partial charge is 0.487 e. The van der Waals surface area contributed by atoms with E-state index in [9.17, 15) is 23.1 Å². The van der Waals surface area contributed by atoms with Gasteiger partial charge in [-0.15, -0.1) is 0 Å². The number of ether oxygens (including phenoxy) is 1. The number of carbonyl (C=O) groups excluding carboxylic acids is 1. The van der Waals surface area contributed by atoms with Crippen molar-refractivity contribution < 1.29 is 27.9 Å². The molecule has 0 saturated heterocycles. The van der Waals surface area contributed by atoms with Crippen LogP contribution in [0, 0.1) is 0 Å². The number of carbonyl (C=O) groups is 2. The van der Waals surface area contributed by atoms with E-state index in [1.165, 1.54) is 0 Å². The summed E-state index contributed by atoms with van der Waals surface area (Å²) in [5, 5.41) is 15.1. The van der Waals surface area contributed by atoms with Crippen LogP contribution in [0.4, 0.5) is 5.69 Å². The van der Waals surface area contributed by atoms with E-state index in [2.05, 4.69) is 10.6 Å². The minimum Gasteiger partial charge on any atom is -0.487 e. The molecule has 0 aliphatic carbocycles. The van der Waals surface area contributed by atoms with Crippen LogP contribution in [0.15, 0.2) is 42.5 Å². The van der Waals surface area contributed by atoms with E-state index in [-0.39, 0.29) is 18.1 Å². The lowest BCUT2D eigenvalue weighted by Crippen LogP contribution is -2.39. The number of aliphatic carboxylic acids is 1. The van der Waals surface area contributed by atoms with E-state index < -0.39 is 21.8 Å². The number of carboxylic acid groups (broad SMARTS) is 1. The molecule has 0 fully saturated rings. The zero-order chi connectivity index (χ0) is 22.9. The number of sulfone groups is 1. The lowest BCUT2D eigenvalue weighted by molar-refractivity contribution is -0.139.